The number of nitrogens with one attached hydrogen (secondary N) is 1. The first kappa shape index (κ1) is 14.3. The number of anilines is 1. The highest BCUT2D eigenvalue weighted by Crippen LogP contribution is 2.27. The van der Waals surface area contributed by atoms with Gasteiger partial charge < -0.3 is 5.11 Å². The molecule has 2 N–H and O–H groups in total. The summed E-state index contributed by atoms with van der Waals surface area (Å²) in [7, 11) is -3.43. The Morgan fingerprint density at radius 3 is 2.53 bits per heavy atom. The number of carbonyl (C=O) groups is 1. The lowest BCUT2D eigenvalue weighted by Gasteiger charge is -2.14. The third-order valence-electron chi connectivity index (χ3n) is 3.20. The first-order valence-electron chi connectivity index (χ1n) is 5.94. The molecule has 7 heteroatoms. The van der Waals surface area contributed by atoms with E-state index in [2.05, 4.69) is 20.7 Å². The van der Waals surface area contributed by atoms with Crippen molar-refractivity contribution in [3.8, 4) is 0 Å². The van der Waals surface area contributed by atoms with Gasteiger partial charge in [0.15, 0.2) is 0 Å². The molecule has 1 aromatic rings. The van der Waals surface area contributed by atoms with E-state index >= 15 is 0 Å². The minimum Gasteiger partial charge on any atom is -0.478 e. The van der Waals surface area contributed by atoms with Crippen LogP contribution >= 0.6 is 15.9 Å². The van der Waals surface area contributed by atoms with Crippen LogP contribution in [0.5, 0.6) is 0 Å². The van der Waals surface area contributed by atoms with Gasteiger partial charge in [0.1, 0.15) is 0 Å². The van der Waals surface area contributed by atoms with E-state index in [1.54, 1.807) is 6.07 Å². The van der Waals surface area contributed by atoms with E-state index in [0.29, 0.717) is 17.3 Å². The molecule has 19 heavy (non-hydrogen) atoms. The molecule has 1 aliphatic carbocycles. The molecule has 1 aliphatic rings. The first-order chi connectivity index (χ1) is 8.90. The van der Waals surface area contributed by atoms with Crippen LogP contribution in [0.3, 0.4) is 0 Å². The molecule has 0 saturated heterocycles. The van der Waals surface area contributed by atoms with Crippen molar-refractivity contribution in [1.82, 2.24) is 0 Å². The number of halogens is 1. The average Bonchev–Trinajstić information content (AvgIpc) is 2.85. The third-order valence-corrected chi connectivity index (χ3v) is 5.76. The molecule has 5 nitrogen and oxygen atoms in total. The number of carboxylic acids is 1. The van der Waals surface area contributed by atoms with Gasteiger partial charge in [-0.2, -0.15) is 0 Å². The van der Waals surface area contributed by atoms with E-state index in [1.807, 2.05) is 0 Å². The quantitative estimate of drug-likeness (QED) is 0.876. The Hall–Kier alpha value is -1.08. The smallest absolute Gasteiger partial charge is 0.336 e. The predicted molar refractivity (Wildman–Crippen MR) is 75.9 cm³/mol. The fourth-order valence-electron chi connectivity index (χ4n) is 2.20. The van der Waals surface area contributed by atoms with Crippen molar-refractivity contribution in [1.29, 1.82) is 0 Å². The minimum atomic E-state index is -3.43. The molecule has 1 aromatic carbocycles. The van der Waals surface area contributed by atoms with Crippen molar-refractivity contribution in [3.05, 3.63) is 28.2 Å². The zero-order chi connectivity index (χ0) is 14.0. The lowest BCUT2D eigenvalue weighted by molar-refractivity contribution is 0.0696. The zero-order valence-electron chi connectivity index (χ0n) is 10.1. The van der Waals surface area contributed by atoms with E-state index in [9.17, 15) is 13.2 Å². The Morgan fingerprint density at radius 1 is 1.32 bits per heavy atom. The number of benzene rings is 1. The highest BCUT2D eigenvalue weighted by Gasteiger charge is 2.28. The highest BCUT2D eigenvalue weighted by molar-refractivity contribution is 9.10. The van der Waals surface area contributed by atoms with E-state index in [4.69, 9.17) is 5.11 Å². The Bertz CT molecular complexity index is 594. The molecular weight excluding hydrogens is 334 g/mol. The molecule has 1 saturated carbocycles. The van der Waals surface area contributed by atoms with Gasteiger partial charge in [0.2, 0.25) is 10.0 Å². The largest absolute Gasteiger partial charge is 0.478 e. The summed E-state index contributed by atoms with van der Waals surface area (Å²) in [4.78, 5) is 11.0. The SMILES string of the molecule is O=C(O)c1cc(NS(=O)(=O)C2CCCC2)ccc1Br. The lowest BCUT2D eigenvalue weighted by atomic mass is 10.2. The van der Waals surface area contributed by atoms with E-state index in [-0.39, 0.29) is 16.5 Å². The van der Waals surface area contributed by atoms with Crippen molar-refractivity contribution >= 4 is 37.6 Å². The van der Waals surface area contributed by atoms with Crippen LogP contribution in [0, 0.1) is 0 Å². The molecule has 0 aliphatic heterocycles. The number of rotatable bonds is 4. The van der Waals surface area contributed by atoms with Gasteiger partial charge >= 0.3 is 5.97 Å². The van der Waals surface area contributed by atoms with Gasteiger partial charge in [0.25, 0.3) is 0 Å². The molecular formula is C12H14BrNO4S. The number of sulfonamides is 1. The summed E-state index contributed by atoms with van der Waals surface area (Å²) in [5.41, 5.74) is 0.319. The van der Waals surface area contributed by atoms with Gasteiger partial charge in [-0.15, -0.1) is 0 Å². The molecule has 1 fully saturated rings. The summed E-state index contributed by atoms with van der Waals surface area (Å²) >= 11 is 3.12. The van der Waals surface area contributed by atoms with Crippen molar-refractivity contribution in [3.63, 3.8) is 0 Å². The van der Waals surface area contributed by atoms with Crippen LogP contribution in [-0.2, 0) is 10.0 Å². The third kappa shape index (κ3) is 3.27. The molecule has 104 valence electrons. The molecule has 0 heterocycles. The molecule has 0 spiro atoms. The first-order valence-corrected chi connectivity index (χ1v) is 8.28. The zero-order valence-corrected chi connectivity index (χ0v) is 12.5. The second-order valence-electron chi connectivity index (χ2n) is 4.55. The van der Waals surface area contributed by atoms with Gasteiger partial charge in [-0.05, 0) is 47.0 Å². The summed E-state index contributed by atoms with van der Waals surface area (Å²) in [6.07, 6.45) is 3.17. The summed E-state index contributed by atoms with van der Waals surface area (Å²) in [5.74, 6) is -1.10. The maximum Gasteiger partial charge on any atom is 0.336 e. The van der Waals surface area contributed by atoms with Gasteiger partial charge in [-0.25, -0.2) is 13.2 Å². The fraction of sp³-hybridized carbons (Fsp3) is 0.417. The monoisotopic (exact) mass is 347 g/mol. The molecule has 2 rings (SSSR count). The molecule has 0 atom stereocenters. The maximum atomic E-state index is 12.1. The highest BCUT2D eigenvalue weighted by atomic mass is 79.9. The summed E-state index contributed by atoms with van der Waals surface area (Å²) in [5, 5.41) is 8.62. The summed E-state index contributed by atoms with van der Waals surface area (Å²) < 4.78 is 27.1. The van der Waals surface area contributed by atoms with Gasteiger partial charge in [0, 0.05) is 10.2 Å². The van der Waals surface area contributed by atoms with Crippen LogP contribution in [0.25, 0.3) is 0 Å². The van der Waals surface area contributed by atoms with Crippen molar-refractivity contribution in [2.45, 2.75) is 30.9 Å². The van der Waals surface area contributed by atoms with Crippen LogP contribution in [0.15, 0.2) is 22.7 Å². The van der Waals surface area contributed by atoms with Crippen LogP contribution in [0.4, 0.5) is 5.69 Å². The number of hydrogen-bond acceptors (Lipinski definition) is 3. The Balaban J connectivity index is 2.23. The summed E-state index contributed by atoms with van der Waals surface area (Å²) in [6, 6.07) is 4.39. The van der Waals surface area contributed by atoms with E-state index in [0.717, 1.165) is 12.8 Å². The minimum absolute atomic E-state index is 0.0339. The normalized spacial score (nSPS) is 16.5. The molecule has 0 radical (unpaired) electrons. The number of carboxylic acid groups (broad SMARTS) is 1. The van der Waals surface area contributed by atoms with Crippen LogP contribution in [-0.4, -0.2) is 24.7 Å². The molecule has 0 amide bonds. The molecule has 0 bridgehead atoms. The van der Waals surface area contributed by atoms with Gasteiger partial charge in [-0.1, -0.05) is 12.8 Å². The van der Waals surface area contributed by atoms with E-state index in [1.165, 1.54) is 12.1 Å². The van der Waals surface area contributed by atoms with Crippen LogP contribution in [0.1, 0.15) is 36.0 Å². The number of hydrogen-bond donors (Lipinski definition) is 2. The predicted octanol–water partition coefficient (Wildman–Crippen LogP) is 2.83. The fourth-order valence-corrected chi connectivity index (χ4v) is 4.19. The second-order valence-corrected chi connectivity index (χ2v) is 7.37. The van der Waals surface area contributed by atoms with Gasteiger partial charge in [-0.3, -0.25) is 4.72 Å². The van der Waals surface area contributed by atoms with Crippen molar-refractivity contribution in [2.24, 2.45) is 0 Å². The number of aromatic carboxylic acids is 1. The second kappa shape index (κ2) is 5.50. The Morgan fingerprint density at radius 2 is 1.95 bits per heavy atom. The standard InChI is InChI=1S/C12H14BrNO4S/c13-11-6-5-8(7-10(11)12(15)16)14-19(17,18)9-3-1-2-4-9/h5-7,9,14H,1-4H2,(H,15,16). The Labute approximate surface area is 120 Å². The van der Waals surface area contributed by atoms with Gasteiger partial charge in [0.05, 0.1) is 10.8 Å². The summed E-state index contributed by atoms with van der Waals surface area (Å²) in [6.45, 7) is 0. The lowest BCUT2D eigenvalue weighted by Crippen LogP contribution is -2.25. The maximum absolute atomic E-state index is 12.1. The van der Waals surface area contributed by atoms with Crippen molar-refractivity contribution < 1.29 is 18.3 Å². The topological polar surface area (TPSA) is 83.5 Å². The molecule has 0 aromatic heterocycles. The van der Waals surface area contributed by atoms with E-state index < -0.39 is 16.0 Å². The van der Waals surface area contributed by atoms with Crippen molar-refractivity contribution in [2.75, 3.05) is 4.72 Å². The average molecular weight is 348 g/mol. The molecule has 0 unspecified atom stereocenters. The Kier molecular flexibility index (Phi) is 4.15. The van der Waals surface area contributed by atoms with Crippen LogP contribution in [0.2, 0.25) is 0 Å². The van der Waals surface area contributed by atoms with Crippen LogP contribution < -0.4 is 4.72 Å².